The molecule has 3 N–H and O–H groups in total. The van der Waals surface area contributed by atoms with Crippen LogP contribution in [0.4, 0.5) is 0 Å². The molecule has 3 rings (SSSR count). The minimum absolute atomic E-state index is 0.279. The number of guanidine groups is 1. The van der Waals surface area contributed by atoms with Gasteiger partial charge in [-0.25, -0.2) is 4.99 Å². The average Bonchev–Trinajstić information content (AvgIpc) is 3.34. The van der Waals surface area contributed by atoms with E-state index in [4.69, 9.17) is 4.42 Å². The second-order valence-corrected chi connectivity index (χ2v) is 9.51. The Labute approximate surface area is 184 Å². The molecule has 1 unspecified atom stereocenters. The van der Waals surface area contributed by atoms with Gasteiger partial charge in [-0.05, 0) is 77.1 Å². The van der Waals surface area contributed by atoms with Crippen LogP contribution in [-0.4, -0.2) is 48.7 Å². The number of thiophene rings is 1. The summed E-state index contributed by atoms with van der Waals surface area (Å²) in [6, 6.07) is 6.25. The zero-order chi connectivity index (χ0) is 21.6. The van der Waals surface area contributed by atoms with Gasteiger partial charge in [-0.1, -0.05) is 6.07 Å². The molecule has 0 aromatic carbocycles. The first-order chi connectivity index (χ1) is 14.4. The Morgan fingerprint density at radius 2 is 2.10 bits per heavy atom. The van der Waals surface area contributed by atoms with Gasteiger partial charge in [-0.15, -0.1) is 11.3 Å². The van der Waals surface area contributed by atoms with E-state index in [9.17, 15) is 5.11 Å². The highest BCUT2D eigenvalue weighted by atomic mass is 32.1. The summed E-state index contributed by atoms with van der Waals surface area (Å²) < 4.78 is 5.58. The van der Waals surface area contributed by atoms with Crippen molar-refractivity contribution in [3.05, 3.63) is 45.5 Å². The molecular weight excluding hydrogens is 396 g/mol. The van der Waals surface area contributed by atoms with Gasteiger partial charge in [0.2, 0.25) is 0 Å². The summed E-state index contributed by atoms with van der Waals surface area (Å²) in [4.78, 5) is 8.65. The molecule has 1 fully saturated rings. The van der Waals surface area contributed by atoms with Gasteiger partial charge in [0.15, 0.2) is 5.96 Å². The Morgan fingerprint density at radius 1 is 1.33 bits per heavy atom. The maximum Gasteiger partial charge on any atom is 0.191 e. The van der Waals surface area contributed by atoms with Gasteiger partial charge >= 0.3 is 0 Å². The first-order valence-corrected chi connectivity index (χ1v) is 11.8. The van der Waals surface area contributed by atoms with E-state index in [1.165, 1.54) is 17.7 Å². The van der Waals surface area contributed by atoms with Gasteiger partial charge in [0, 0.05) is 30.1 Å². The number of furan rings is 1. The molecule has 6 nitrogen and oxygen atoms in total. The topological polar surface area (TPSA) is 73.0 Å². The molecule has 30 heavy (non-hydrogen) atoms. The molecule has 1 aliphatic heterocycles. The monoisotopic (exact) mass is 432 g/mol. The standard InChI is InChI=1S/C23H36N4O2S/c1-5-24-22(26-16-23(4,28)21-13-17(2)29-18(21)3)25-14-19-8-10-27(11-9-19)15-20-7-6-12-30-20/h6-7,12-13,19,28H,5,8-11,14-16H2,1-4H3,(H2,24,25,26). The number of piperidine rings is 1. The lowest BCUT2D eigenvalue weighted by Crippen LogP contribution is -2.43. The fraction of sp³-hybridized carbons (Fsp3) is 0.609. The lowest BCUT2D eigenvalue weighted by Gasteiger charge is -2.32. The van der Waals surface area contributed by atoms with Gasteiger partial charge in [0.25, 0.3) is 0 Å². The SMILES string of the molecule is CCNC(=NCC(C)(O)c1cc(C)oc1C)NCC1CCN(Cc2cccs2)CC1. The summed E-state index contributed by atoms with van der Waals surface area (Å²) in [5, 5.41) is 19.9. The Kier molecular flexibility index (Phi) is 7.97. The van der Waals surface area contributed by atoms with Crippen molar-refractivity contribution < 1.29 is 9.52 Å². The van der Waals surface area contributed by atoms with E-state index in [0.717, 1.165) is 55.8 Å². The smallest absolute Gasteiger partial charge is 0.191 e. The molecule has 1 aliphatic rings. The van der Waals surface area contributed by atoms with Gasteiger partial charge in [0.05, 0.1) is 6.54 Å². The predicted octanol–water partition coefficient (Wildman–Crippen LogP) is 3.63. The molecule has 2 aromatic heterocycles. The number of rotatable bonds is 8. The van der Waals surface area contributed by atoms with Crippen LogP contribution in [0.15, 0.2) is 33.0 Å². The summed E-state index contributed by atoms with van der Waals surface area (Å²) in [5.74, 6) is 2.96. The molecule has 1 atom stereocenters. The minimum atomic E-state index is -1.06. The Hall–Kier alpha value is -1.83. The number of aliphatic hydroxyl groups is 1. The van der Waals surface area contributed by atoms with E-state index in [2.05, 4.69) is 45.0 Å². The van der Waals surface area contributed by atoms with Gasteiger partial charge in [0.1, 0.15) is 17.1 Å². The molecule has 0 bridgehead atoms. The molecular formula is C23H36N4O2S. The van der Waals surface area contributed by atoms with E-state index >= 15 is 0 Å². The zero-order valence-corrected chi connectivity index (χ0v) is 19.5. The number of likely N-dealkylation sites (tertiary alicyclic amines) is 1. The third kappa shape index (κ3) is 6.33. The molecule has 2 aromatic rings. The second kappa shape index (κ2) is 10.5. The van der Waals surface area contributed by atoms with Crippen LogP contribution >= 0.6 is 11.3 Å². The number of nitrogens with zero attached hydrogens (tertiary/aromatic N) is 2. The third-order valence-electron chi connectivity index (χ3n) is 5.74. The number of nitrogens with one attached hydrogen (secondary N) is 2. The molecule has 3 heterocycles. The van der Waals surface area contributed by atoms with E-state index < -0.39 is 5.60 Å². The van der Waals surface area contributed by atoms with Gasteiger partial charge < -0.3 is 20.2 Å². The van der Waals surface area contributed by atoms with Gasteiger partial charge in [-0.3, -0.25) is 4.90 Å². The van der Waals surface area contributed by atoms with Crippen LogP contribution in [0.5, 0.6) is 0 Å². The summed E-state index contributed by atoms with van der Waals surface area (Å²) >= 11 is 1.84. The Morgan fingerprint density at radius 3 is 2.70 bits per heavy atom. The van der Waals surface area contributed by atoms with Crippen LogP contribution in [0.3, 0.4) is 0 Å². The van der Waals surface area contributed by atoms with Crippen molar-refractivity contribution in [2.24, 2.45) is 10.9 Å². The maximum atomic E-state index is 10.9. The quantitative estimate of drug-likeness (QED) is 0.439. The van der Waals surface area contributed by atoms with Crippen LogP contribution in [0.1, 0.15) is 48.7 Å². The summed E-state index contributed by atoms with van der Waals surface area (Å²) in [7, 11) is 0. The van der Waals surface area contributed by atoms with Crippen molar-refractivity contribution in [3.63, 3.8) is 0 Å². The number of hydrogen-bond acceptors (Lipinski definition) is 5. The molecule has 0 amide bonds. The molecule has 0 aliphatic carbocycles. The highest BCUT2D eigenvalue weighted by Crippen LogP contribution is 2.27. The normalized spacial score (nSPS) is 18.4. The Bertz CT molecular complexity index is 805. The lowest BCUT2D eigenvalue weighted by molar-refractivity contribution is 0.0656. The van der Waals surface area contributed by atoms with E-state index in [-0.39, 0.29) is 6.54 Å². The number of aliphatic imine (C=N–C) groups is 1. The summed E-state index contributed by atoms with van der Waals surface area (Å²) in [5.41, 5.74) is -0.255. The lowest BCUT2D eigenvalue weighted by atomic mass is 9.96. The third-order valence-corrected chi connectivity index (χ3v) is 6.60. The molecule has 7 heteroatoms. The van der Waals surface area contributed by atoms with Crippen molar-refractivity contribution in [3.8, 4) is 0 Å². The molecule has 0 radical (unpaired) electrons. The van der Waals surface area contributed by atoms with E-state index in [0.29, 0.717) is 5.92 Å². The van der Waals surface area contributed by atoms with Crippen LogP contribution < -0.4 is 10.6 Å². The van der Waals surface area contributed by atoms with Crippen LogP contribution in [0, 0.1) is 19.8 Å². The predicted molar refractivity (Wildman–Crippen MR) is 124 cm³/mol. The molecule has 0 spiro atoms. The van der Waals surface area contributed by atoms with Crippen LogP contribution in [-0.2, 0) is 12.1 Å². The summed E-state index contributed by atoms with van der Waals surface area (Å²) in [6.45, 7) is 13.0. The number of aryl methyl sites for hydroxylation is 2. The number of hydrogen-bond donors (Lipinski definition) is 3. The Balaban J connectivity index is 1.49. The van der Waals surface area contributed by atoms with Gasteiger partial charge in [-0.2, -0.15) is 0 Å². The van der Waals surface area contributed by atoms with E-state index in [1.54, 1.807) is 6.92 Å². The van der Waals surface area contributed by atoms with E-state index in [1.807, 2.05) is 31.3 Å². The van der Waals surface area contributed by atoms with Crippen molar-refractivity contribution in [1.29, 1.82) is 0 Å². The zero-order valence-electron chi connectivity index (χ0n) is 18.7. The average molecular weight is 433 g/mol. The molecule has 1 saturated heterocycles. The van der Waals surface area contributed by atoms with Crippen molar-refractivity contribution in [1.82, 2.24) is 15.5 Å². The minimum Gasteiger partial charge on any atom is -0.466 e. The van der Waals surface area contributed by atoms with Crippen molar-refractivity contribution in [2.75, 3.05) is 32.7 Å². The summed E-state index contributed by atoms with van der Waals surface area (Å²) in [6.07, 6.45) is 2.39. The highest BCUT2D eigenvalue weighted by molar-refractivity contribution is 7.09. The first-order valence-electron chi connectivity index (χ1n) is 10.9. The van der Waals surface area contributed by atoms with Crippen LogP contribution in [0.2, 0.25) is 0 Å². The van der Waals surface area contributed by atoms with Crippen molar-refractivity contribution in [2.45, 2.75) is 52.7 Å². The van der Waals surface area contributed by atoms with Crippen LogP contribution in [0.25, 0.3) is 0 Å². The fourth-order valence-electron chi connectivity index (χ4n) is 4.04. The second-order valence-electron chi connectivity index (χ2n) is 8.48. The maximum absolute atomic E-state index is 10.9. The fourth-order valence-corrected chi connectivity index (χ4v) is 4.78. The van der Waals surface area contributed by atoms with Crippen molar-refractivity contribution >= 4 is 17.3 Å². The highest BCUT2D eigenvalue weighted by Gasteiger charge is 2.28. The first kappa shape index (κ1) is 22.8. The molecule has 0 saturated carbocycles. The largest absolute Gasteiger partial charge is 0.466 e. The molecule has 166 valence electrons.